The third-order valence-corrected chi connectivity index (χ3v) is 12.7. The van der Waals surface area contributed by atoms with Crippen LogP contribution < -0.4 is 0 Å². The van der Waals surface area contributed by atoms with Crippen LogP contribution in [0.5, 0.6) is 0 Å². The molecule has 43 heavy (non-hydrogen) atoms. The molecule has 0 bridgehead atoms. The summed E-state index contributed by atoms with van der Waals surface area (Å²) in [6.07, 6.45) is 32.4. The first-order valence-electron chi connectivity index (χ1n) is 18.3. The zero-order valence-electron chi connectivity index (χ0n) is 28.5. The summed E-state index contributed by atoms with van der Waals surface area (Å²) in [5.41, 5.74) is 2.47. The van der Waals surface area contributed by atoms with Crippen molar-refractivity contribution in [1.29, 1.82) is 0 Å². The number of carbonyl (C=O) groups is 2. The Labute approximate surface area is 264 Å². The van der Waals surface area contributed by atoms with Gasteiger partial charge in [0.1, 0.15) is 12.4 Å². The van der Waals surface area contributed by atoms with Gasteiger partial charge in [-0.2, -0.15) is 0 Å². The first-order chi connectivity index (χ1) is 20.7. The van der Waals surface area contributed by atoms with E-state index in [4.69, 9.17) is 4.74 Å². The van der Waals surface area contributed by atoms with E-state index in [0.717, 1.165) is 80.3 Å². The van der Waals surface area contributed by atoms with Gasteiger partial charge in [0.2, 0.25) is 0 Å². The van der Waals surface area contributed by atoms with Crippen molar-refractivity contribution in [3.63, 3.8) is 0 Å². The normalized spacial score (nSPS) is 34.6. The van der Waals surface area contributed by atoms with Crippen LogP contribution in [0.3, 0.4) is 0 Å². The molecule has 0 aromatic rings. The molecule has 0 saturated heterocycles. The number of hydrogen-bond donors (Lipinski definition) is 0. The molecule has 0 heterocycles. The Balaban J connectivity index is 1.21. The fourth-order valence-corrected chi connectivity index (χ4v) is 10.3. The molecule has 0 unspecified atom stereocenters. The van der Waals surface area contributed by atoms with Crippen molar-refractivity contribution >= 4 is 12.3 Å². The van der Waals surface area contributed by atoms with E-state index < -0.39 is 0 Å². The molecule has 3 saturated carbocycles. The molecule has 0 N–H and O–H groups in total. The Bertz CT molecular complexity index is 990. The van der Waals surface area contributed by atoms with Gasteiger partial charge in [0.15, 0.2) is 0 Å². The Morgan fingerprint density at radius 3 is 2.49 bits per heavy atom. The SMILES string of the molecule is CC(C)CCC[C@@H](C)[C@H]1CC[C@H]2[C@@H]3CC=C4C[C@@H](OC(=O)CCCCCCC/C=C/C=C/C=O)CC[C@]4(C)[C@H]3CC[C@]12C. The molecule has 4 rings (SSSR count). The average molecular weight is 593 g/mol. The standard InChI is InChI=1S/C40H64O3/c1-30(2)17-16-18-31(3)35-22-23-36-34-21-20-32-29-33(24-26-39(32,4)37(34)25-27-40(35,36)5)43-38(42)19-14-12-10-8-6-7-9-11-13-15-28-41/h9,11,13,15,20,28,30-31,33-37H,6-8,10,12,14,16-19,21-27,29H2,1-5H3/b11-9+,15-13+/t31-,33+,34+,35-,36+,37+,39+,40-/m1/s1. The summed E-state index contributed by atoms with van der Waals surface area (Å²) in [7, 11) is 0. The molecule has 3 fully saturated rings. The predicted molar refractivity (Wildman–Crippen MR) is 180 cm³/mol. The number of fused-ring (bicyclic) bond motifs is 5. The van der Waals surface area contributed by atoms with Crippen molar-refractivity contribution in [2.45, 2.75) is 156 Å². The number of carbonyl (C=O) groups excluding carboxylic acids is 2. The molecular weight excluding hydrogens is 528 g/mol. The maximum atomic E-state index is 12.7. The fourth-order valence-electron chi connectivity index (χ4n) is 10.3. The lowest BCUT2D eigenvalue weighted by Gasteiger charge is -2.58. The molecule has 0 aliphatic heterocycles. The molecule has 3 nitrogen and oxygen atoms in total. The smallest absolute Gasteiger partial charge is 0.306 e. The van der Waals surface area contributed by atoms with Gasteiger partial charge >= 0.3 is 5.97 Å². The number of aldehydes is 1. The average Bonchev–Trinajstić information content (AvgIpc) is 3.33. The van der Waals surface area contributed by atoms with E-state index >= 15 is 0 Å². The van der Waals surface area contributed by atoms with Crippen molar-refractivity contribution in [1.82, 2.24) is 0 Å². The van der Waals surface area contributed by atoms with Crippen LogP contribution in [0, 0.1) is 46.3 Å². The monoisotopic (exact) mass is 592 g/mol. The Morgan fingerprint density at radius 1 is 0.907 bits per heavy atom. The summed E-state index contributed by atoms with van der Waals surface area (Å²) in [5.74, 6) is 5.20. The van der Waals surface area contributed by atoms with Crippen LogP contribution in [0.25, 0.3) is 0 Å². The molecule has 0 amide bonds. The minimum absolute atomic E-state index is 0.0146. The molecule has 242 valence electrons. The van der Waals surface area contributed by atoms with E-state index in [1.165, 1.54) is 76.7 Å². The molecule has 3 heteroatoms. The van der Waals surface area contributed by atoms with Gasteiger partial charge in [-0.3, -0.25) is 9.59 Å². The largest absolute Gasteiger partial charge is 0.462 e. The third kappa shape index (κ3) is 8.55. The number of unbranched alkanes of at least 4 members (excludes halogenated alkanes) is 5. The maximum Gasteiger partial charge on any atom is 0.306 e. The van der Waals surface area contributed by atoms with E-state index in [1.807, 2.05) is 6.08 Å². The highest BCUT2D eigenvalue weighted by molar-refractivity contribution is 5.69. The number of allylic oxidation sites excluding steroid dienone is 5. The molecule has 4 aliphatic carbocycles. The van der Waals surface area contributed by atoms with Crippen molar-refractivity contribution in [2.75, 3.05) is 0 Å². The number of rotatable bonds is 16. The summed E-state index contributed by atoms with van der Waals surface area (Å²) >= 11 is 0. The van der Waals surface area contributed by atoms with Gasteiger partial charge in [-0.1, -0.05) is 103 Å². The van der Waals surface area contributed by atoms with Crippen molar-refractivity contribution < 1.29 is 14.3 Å². The van der Waals surface area contributed by atoms with E-state index in [9.17, 15) is 9.59 Å². The van der Waals surface area contributed by atoms with Crippen LogP contribution in [0.2, 0.25) is 0 Å². The van der Waals surface area contributed by atoms with Crippen molar-refractivity contribution in [2.24, 2.45) is 46.3 Å². The predicted octanol–water partition coefficient (Wildman–Crippen LogP) is 11.0. The second-order valence-corrected chi connectivity index (χ2v) is 15.9. The zero-order valence-corrected chi connectivity index (χ0v) is 28.5. The van der Waals surface area contributed by atoms with E-state index in [2.05, 4.69) is 46.8 Å². The van der Waals surface area contributed by atoms with Crippen LogP contribution in [-0.4, -0.2) is 18.4 Å². The summed E-state index contributed by atoms with van der Waals surface area (Å²) in [4.78, 5) is 23.0. The van der Waals surface area contributed by atoms with Crippen LogP contribution in [0.15, 0.2) is 36.0 Å². The zero-order chi connectivity index (χ0) is 30.9. The Morgan fingerprint density at radius 2 is 1.70 bits per heavy atom. The highest BCUT2D eigenvalue weighted by Crippen LogP contribution is 2.67. The van der Waals surface area contributed by atoms with Gasteiger partial charge in [-0.25, -0.2) is 0 Å². The molecule has 0 radical (unpaired) electrons. The van der Waals surface area contributed by atoms with E-state index in [1.54, 1.807) is 11.6 Å². The summed E-state index contributed by atoms with van der Waals surface area (Å²) in [6, 6.07) is 0. The lowest BCUT2D eigenvalue weighted by atomic mass is 9.47. The van der Waals surface area contributed by atoms with Crippen LogP contribution in [-0.2, 0) is 14.3 Å². The quantitative estimate of drug-likeness (QED) is 0.0447. The minimum Gasteiger partial charge on any atom is -0.462 e. The Kier molecular flexibility index (Phi) is 12.8. The second kappa shape index (κ2) is 16.1. The summed E-state index contributed by atoms with van der Waals surface area (Å²) in [5, 5.41) is 0. The molecular formula is C40H64O3. The highest BCUT2D eigenvalue weighted by Gasteiger charge is 2.59. The highest BCUT2D eigenvalue weighted by atomic mass is 16.5. The van der Waals surface area contributed by atoms with Gasteiger partial charge < -0.3 is 4.74 Å². The number of esters is 1. The first-order valence-corrected chi connectivity index (χ1v) is 18.3. The molecule has 0 aromatic carbocycles. The molecule has 8 atom stereocenters. The fraction of sp³-hybridized carbons (Fsp3) is 0.800. The molecule has 0 aromatic heterocycles. The first kappa shape index (κ1) is 34.2. The number of hydrogen-bond acceptors (Lipinski definition) is 3. The van der Waals surface area contributed by atoms with Gasteiger partial charge in [0, 0.05) is 12.8 Å². The van der Waals surface area contributed by atoms with Crippen molar-refractivity contribution in [3.8, 4) is 0 Å². The third-order valence-electron chi connectivity index (χ3n) is 12.7. The van der Waals surface area contributed by atoms with Crippen molar-refractivity contribution in [3.05, 3.63) is 36.0 Å². The van der Waals surface area contributed by atoms with Crippen LogP contribution in [0.4, 0.5) is 0 Å². The lowest BCUT2D eigenvalue weighted by molar-refractivity contribution is -0.151. The van der Waals surface area contributed by atoms with E-state index in [-0.39, 0.29) is 12.1 Å². The van der Waals surface area contributed by atoms with Crippen LogP contribution in [0.1, 0.15) is 150 Å². The summed E-state index contributed by atoms with van der Waals surface area (Å²) in [6.45, 7) is 12.6. The molecule has 0 spiro atoms. The van der Waals surface area contributed by atoms with Gasteiger partial charge in [-0.05, 0) is 117 Å². The Hall–Kier alpha value is -1.64. The minimum atomic E-state index is 0.0146. The maximum absolute atomic E-state index is 12.7. The lowest BCUT2D eigenvalue weighted by Crippen LogP contribution is -2.51. The van der Waals surface area contributed by atoms with E-state index in [0.29, 0.717) is 17.3 Å². The van der Waals surface area contributed by atoms with Gasteiger partial charge in [0.05, 0.1) is 0 Å². The summed E-state index contributed by atoms with van der Waals surface area (Å²) < 4.78 is 6.07. The second-order valence-electron chi connectivity index (χ2n) is 15.9. The van der Waals surface area contributed by atoms with Gasteiger partial charge in [-0.15, -0.1) is 0 Å². The number of ether oxygens (including phenoxy) is 1. The van der Waals surface area contributed by atoms with Gasteiger partial charge in [0.25, 0.3) is 0 Å². The molecule has 4 aliphatic rings. The topological polar surface area (TPSA) is 43.4 Å². The van der Waals surface area contributed by atoms with Crippen LogP contribution >= 0.6 is 0 Å².